The molecule has 3 aromatic carbocycles. The quantitative estimate of drug-likeness (QED) is 0.229. The first-order chi connectivity index (χ1) is 21.0. The molecule has 1 unspecified atom stereocenters. The molecule has 1 atom stereocenters. The number of β-amino-alcohol motifs (C(OH)–C–C–N with tert-alkyl or cyclic N) is 1. The van der Waals surface area contributed by atoms with Crippen molar-refractivity contribution >= 4 is 44.8 Å². The molecule has 43 heavy (non-hydrogen) atoms. The molecular weight excluding hydrogens is 544 g/mol. The van der Waals surface area contributed by atoms with Crippen molar-refractivity contribution in [2.75, 3.05) is 32.8 Å². The van der Waals surface area contributed by atoms with Crippen LogP contribution in [0.2, 0.25) is 0 Å². The number of H-pyrrole nitrogens is 1. The predicted octanol–water partition coefficient (Wildman–Crippen LogP) is 3.96. The zero-order valence-corrected chi connectivity index (χ0v) is 23.6. The third-order valence-electron chi connectivity index (χ3n) is 8.14. The number of aromatic nitrogens is 2. The highest BCUT2D eigenvalue weighted by Crippen LogP contribution is 2.39. The topological polar surface area (TPSA) is 109 Å². The van der Waals surface area contributed by atoms with Gasteiger partial charge in [-0.15, -0.1) is 0 Å². The van der Waals surface area contributed by atoms with Gasteiger partial charge in [-0.25, -0.2) is 0 Å². The summed E-state index contributed by atoms with van der Waals surface area (Å²) in [6.07, 6.45) is 3.01. The second-order valence-electron chi connectivity index (χ2n) is 11.0. The molecule has 9 heteroatoms. The normalized spacial score (nSPS) is 16.8. The fraction of sp³-hybridized carbons (Fsp3) is 0.235. The Morgan fingerprint density at radius 2 is 1.60 bits per heavy atom. The molecule has 2 aliphatic rings. The SMILES string of the molecule is O=C1NC(=O)C(c2cn(CC(O)CN3CCOCC3)c3ccc(OCc4ccccc4)cc23)=C1c1c[nH]c2ccccc12. The Hall–Kier alpha value is -4.70. The largest absolute Gasteiger partial charge is 0.489 e. The number of benzene rings is 3. The van der Waals surface area contributed by atoms with Crippen molar-refractivity contribution in [3.63, 3.8) is 0 Å². The van der Waals surface area contributed by atoms with Gasteiger partial charge in [0.2, 0.25) is 0 Å². The summed E-state index contributed by atoms with van der Waals surface area (Å²) in [4.78, 5) is 32.2. The van der Waals surface area contributed by atoms with Crippen molar-refractivity contribution in [2.24, 2.45) is 0 Å². The van der Waals surface area contributed by atoms with E-state index in [0.717, 1.165) is 40.5 Å². The average molecular weight is 577 g/mol. The van der Waals surface area contributed by atoms with Crippen LogP contribution in [0.25, 0.3) is 33.0 Å². The van der Waals surface area contributed by atoms with Gasteiger partial charge < -0.3 is 24.1 Å². The summed E-state index contributed by atoms with van der Waals surface area (Å²) in [5.74, 6) is -0.244. The summed E-state index contributed by atoms with van der Waals surface area (Å²) in [6.45, 7) is 4.09. The van der Waals surface area contributed by atoms with Crippen molar-refractivity contribution in [1.82, 2.24) is 19.8 Å². The number of hydrogen-bond donors (Lipinski definition) is 3. The molecule has 7 rings (SSSR count). The molecule has 2 aromatic heterocycles. The number of hydrogen-bond acceptors (Lipinski definition) is 6. The van der Waals surface area contributed by atoms with Gasteiger partial charge in [0, 0.05) is 71.5 Å². The van der Waals surface area contributed by atoms with E-state index in [4.69, 9.17) is 9.47 Å². The Balaban J connectivity index is 1.32. The lowest BCUT2D eigenvalue weighted by atomic mass is 9.95. The standard InChI is InChI=1S/C34H32N4O5/c39-23(18-37-12-14-42-15-13-37)19-38-20-28(26-16-24(10-11-30(26)38)43-21-22-6-2-1-3-7-22)32-31(33(40)36-34(32)41)27-17-35-29-9-5-4-8-25(27)29/h1-11,16-17,20,23,35,39H,12-15,18-19,21H2,(H,36,40,41). The van der Waals surface area contributed by atoms with Crippen molar-refractivity contribution < 1.29 is 24.2 Å². The summed E-state index contributed by atoms with van der Waals surface area (Å²) in [6, 6.07) is 23.4. The van der Waals surface area contributed by atoms with Crippen LogP contribution in [0, 0.1) is 0 Å². The van der Waals surface area contributed by atoms with Crippen LogP contribution in [0.4, 0.5) is 0 Å². The first-order valence-corrected chi connectivity index (χ1v) is 14.5. The molecule has 5 aromatic rings. The number of ether oxygens (including phenoxy) is 2. The second kappa shape index (κ2) is 11.5. The maximum atomic E-state index is 13.5. The summed E-state index contributed by atoms with van der Waals surface area (Å²) < 4.78 is 13.6. The first-order valence-electron chi connectivity index (χ1n) is 14.5. The predicted molar refractivity (Wildman–Crippen MR) is 164 cm³/mol. The van der Waals surface area contributed by atoms with Crippen molar-refractivity contribution in [2.45, 2.75) is 19.3 Å². The zero-order valence-electron chi connectivity index (χ0n) is 23.6. The van der Waals surface area contributed by atoms with Gasteiger partial charge in [0.15, 0.2) is 0 Å². The zero-order chi connectivity index (χ0) is 29.3. The van der Waals surface area contributed by atoms with E-state index < -0.39 is 17.9 Å². The number of nitrogens with one attached hydrogen (secondary N) is 2. The summed E-state index contributed by atoms with van der Waals surface area (Å²) in [5, 5.41) is 15.2. The minimum absolute atomic E-state index is 0.307. The Bertz CT molecular complexity index is 1850. The molecule has 2 amide bonds. The minimum Gasteiger partial charge on any atom is -0.489 e. The van der Waals surface area contributed by atoms with Crippen molar-refractivity contribution in [3.8, 4) is 5.75 Å². The van der Waals surface area contributed by atoms with Gasteiger partial charge in [-0.3, -0.25) is 19.8 Å². The molecule has 3 N–H and O–H groups in total. The number of carbonyl (C=O) groups is 2. The van der Waals surface area contributed by atoms with Gasteiger partial charge in [-0.05, 0) is 29.8 Å². The Labute approximate surface area is 248 Å². The second-order valence-corrected chi connectivity index (χ2v) is 11.0. The molecule has 0 aliphatic carbocycles. The third kappa shape index (κ3) is 5.34. The number of rotatable bonds is 9. The number of amides is 2. The molecule has 1 fully saturated rings. The van der Waals surface area contributed by atoms with E-state index in [1.807, 2.05) is 83.6 Å². The van der Waals surface area contributed by atoms with E-state index in [9.17, 15) is 14.7 Å². The van der Waals surface area contributed by atoms with Crippen molar-refractivity contribution in [3.05, 3.63) is 102 Å². The number of aliphatic hydroxyl groups is 1. The molecule has 0 bridgehead atoms. The van der Waals surface area contributed by atoms with Gasteiger partial charge in [0.1, 0.15) is 12.4 Å². The molecule has 4 heterocycles. The number of aromatic amines is 1. The van der Waals surface area contributed by atoms with Crippen LogP contribution in [0.15, 0.2) is 85.2 Å². The van der Waals surface area contributed by atoms with E-state index in [1.165, 1.54) is 0 Å². The van der Waals surface area contributed by atoms with E-state index in [-0.39, 0.29) is 0 Å². The Morgan fingerprint density at radius 3 is 2.42 bits per heavy atom. The average Bonchev–Trinajstić information content (AvgIpc) is 3.69. The molecule has 9 nitrogen and oxygen atoms in total. The molecule has 0 saturated carbocycles. The summed E-state index contributed by atoms with van der Waals surface area (Å²) >= 11 is 0. The summed E-state index contributed by atoms with van der Waals surface area (Å²) in [5.41, 5.74) is 4.66. The highest BCUT2D eigenvalue weighted by Gasteiger charge is 2.35. The number of morpholine rings is 1. The van der Waals surface area contributed by atoms with Gasteiger partial charge in [-0.2, -0.15) is 0 Å². The lowest BCUT2D eigenvalue weighted by Gasteiger charge is -2.28. The maximum absolute atomic E-state index is 13.5. The smallest absolute Gasteiger partial charge is 0.259 e. The van der Waals surface area contributed by atoms with Crippen LogP contribution in [-0.4, -0.2) is 70.3 Å². The maximum Gasteiger partial charge on any atom is 0.259 e. The number of fused-ring (bicyclic) bond motifs is 2. The van der Waals surface area contributed by atoms with E-state index >= 15 is 0 Å². The Kier molecular flexibility index (Phi) is 7.28. The lowest BCUT2D eigenvalue weighted by Crippen LogP contribution is -2.41. The molecule has 2 aliphatic heterocycles. The van der Waals surface area contributed by atoms with Crippen LogP contribution < -0.4 is 10.1 Å². The van der Waals surface area contributed by atoms with Gasteiger partial charge >= 0.3 is 0 Å². The first kappa shape index (κ1) is 27.2. The third-order valence-corrected chi connectivity index (χ3v) is 8.14. The number of carbonyl (C=O) groups excluding carboxylic acids is 2. The van der Waals surface area contributed by atoms with E-state index in [1.54, 1.807) is 6.20 Å². The Morgan fingerprint density at radius 1 is 0.860 bits per heavy atom. The van der Waals surface area contributed by atoms with Crippen LogP contribution in [-0.2, 0) is 27.5 Å². The number of imide groups is 1. The number of aliphatic hydroxyl groups excluding tert-OH is 1. The lowest BCUT2D eigenvalue weighted by molar-refractivity contribution is -0.122. The van der Waals surface area contributed by atoms with E-state index in [2.05, 4.69) is 15.2 Å². The molecule has 1 saturated heterocycles. The van der Waals surface area contributed by atoms with Crippen LogP contribution in [0.5, 0.6) is 5.75 Å². The van der Waals surface area contributed by atoms with Crippen LogP contribution >= 0.6 is 0 Å². The summed E-state index contributed by atoms with van der Waals surface area (Å²) in [7, 11) is 0. The number of para-hydroxylation sites is 1. The van der Waals surface area contributed by atoms with Gasteiger partial charge in [0.25, 0.3) is 11.8 Å². The molecule has 0 radical (unpaired) electrons. The molecular formula is C34H32N4O5. The van der Waals surface area contributed by atoms with Crippen LogP contribution in [0.1, 0.15) is 16.7 Å². The molecule has 218 valence electrons. The fourth-order valence-corrected chi connectivity index (χ4v) is 6.07. The van der Waals surface area contributed by atoms with Gasteiger partial charge in [0.05, 0.1) is 30.5 Å². The van der Waals surface area contributed by atoms with Crippen LogP contribution in [0.3, 0.4) is 0 Å². The number of nitrogens with zero attached hydrogens (tertiary/aromatic N) is 2. The highest BCUT2D eigenvalue weighted by molar-refractivity contribution is 6.50. The van der Waals surface area contributed by atoms with E-state index in [0.29, 0.717) is 60.9 Å². The fourth-order valence-electron chi connectivity index (χ4n) is 6.07. The monoisotopic (exact) mass is 576 g/mol. The highest BCUT2D eigenvalue weighted by atomic mass is 16.5. The minimum atomic E-state index is -0.642. The van der Waals surface area contributed by atoms with Crippen molar-refractivity contribution in [1.29, 1.82) is 0 Å². The van der Waals surface area contributed by atoms with Gasteiger partial charge in [-0.1, -0.05) is 48.5 Å². The molecule has 0 spiro atoms.